The van der Waals surface area contributed by atoms with Crippen molar-refractivity contribution >= 4 is 23.3 Å². The lowest BCUT2D eigenvalue weighted by molar-refractivity contribution is -0.165. The van der Waals surface area contributed by atoms with E-state index in [9.17, 15) is 24.3 Å². The highest BCUT2D eigenvalue weighted by molar-refractivity contribution is 5.76. The molecule has 1 amide bonds. The van der Waals surface area contributed by atoms with Crippen LogP contribution in [0.15, 0.2) is 9.59 Å². The summed E-state index contributed by atoms with van der Waals surface area (Å²) in [4.78, 5) is 56.5. The molecule has 342 valence electrons. The Balaban J connectivity index is 1.86. The Hall–Kier alpha value is -2.50. The maximum atomic E-state index is 13.6. The van der Waals surface area contributed by atoms with Gasteiger partial charge in [0.25, 0.3) is 10.9 Å². The smallest absolute Gasteiger partial charge is 0.305 e. The van der Waals surface area contributed by atoms with Crippen LogP contribution in [0.1, 0.15) is 194 Å². The molecule has 59 heavy (non-hydrogen) atoms. The molecule has 1 unspecified atom stereocenters. The van der Waals surface area contributed by atoms with Gasteiger partial charge in [-0.15, -0.1) is 0 Å². The molecule has 0 spiro atoms. The lowest BCUT2D eigenvalue weighted by Crippen LogP contribution is -2.48. The van der Waals surface area contributed by atoms with E-state index in [0.29, 0.717) is 76.3 Å². The van der Waals surface area contributed by atoms with Crippen LogP contribution in [0.4, 0.5) is 11.4 Å². The summed E-state index contributed by atoms with van der Waals surface area (Å²) in [6.07, 6.45) is 27.8. The maximum absolute atomic E-state index is 13.6. The number of piperidine rings is 1. The quantitative estimate of drug-likeness (QED) is 0.0288. The second-order valence-corrected chi connectivity index (χ2v) is 17.9. The standard InChI is InChI=1S/C48H88N4O7/c1-6-9-12-14-16-18-20-22-24-28-42(54)58-39-48(40-59-43(55)29-25-23-21-19-17-15-13-10-7-2)31-37-52(38-32-48)41(53)30-36-51(34-26-11-8-3)35-27-33-49-44-45(50(4)5)47(57)46(44)56/h42,49,54H,6-40H2,1-5H3. The van der Waals surface area contributed by atoms with Crippen molar-refractivity contribution in [2.75, 3.05) is 76.8 Å². The molecule has 1 aliphatic heterocycles. The molecule has 0 aromatic heterocycles. The monoisotopic (exact) mass is 833 g/mol. The first-order valence-electron chi connectivity index (χ1n) is 24.3. The van der Waals surface area contributed by atoms with E-state index in [1.165, 1.54) is 83.5 Å². The third-order valence-electron chi connectivity index (χ3n) is 12.3. The van der Waals surface area contributed by atoms with Crippen LogP contribution in [0.3, 0.4) is 0 Å². The van der Waals surface area contributed by atoms with Crippen molar-refractivity contribution in [1.29, 1.82) is 0 Å². The molecule has 11 nitrogen and oxygen atoms in total. The fourth-order valence-corrected chi connectivity index (χ4v) is 8.25. The van der Waals surface area contributed by atoms with Crippen LogP contribution in [-0.2, 0) is 19.1 Å². The molecule has 0 bridgehead atoms. The molecule has 1 heterocycles. The average Bonchev–Trinajstić information content (AvgIpc) is 3.23. The SMILES string of the molecule is CCCCCCCCCCCC(=O)OCC1(COC(O)CCCCCCCCCCC)CCN(C(=O)CCN(CCCCC)CCCNc2c(N(C)C)c(=O)c2=O)CC1. The Bertz CT molecular complexity index is 1300. The Labute approximate surface area is 359 Å². The van der Waals surface area contributed by atoms with E-state index in [1.807, 2.05) is 4.90 Å². The summed E-state index contributed by atoms with van der Waals surface area (Å²) < 4.78 is 12.0. The summed E-state index contributed by atoms with van der Waals surface area (Å²) in [7, 11) is 3.53. The highest BCUT2D eigenvalue weighted by atomic mass is 16.6. The lowest BCUT2D eigenvalue weighted by atomic mass is 9.79. The zero-order valence-electron chi connectivity index (χ0n) is 38.6. The van der Waals surface area contributed by atoms with Crippen LogP contribution in [0.5, 0.6) is 0 Å². The second-order valence-electron chi connectivity index (χ2n) is 17.9. The lowest BCUT2D eigenvalue weighted by Gasteiger charge is -2.41. The summed E-state index contributed by atoms with van der Waals surface area (Å²) in [5, 5.41) is 14.0. The van der Waals surface area contributed by atoms with Crippen LogP contribution in [-0.4, -0.2) is 99.7 Å². The third kappa shape index (κ3) is 22.2. The van der Waals surface area contributed by atoms with Crippen molar-refractivity contribution in [1.82, 2.24) is 9.80 Å². The normalized spacial score (nSPS) is 14.6. The molecule has 1 aliphatic rings. The molecule has 1 aromatic carbocycles. The van der Waals surface area contributed by atoms with Crippen molar-refractivity contribution in [2.24, 2.45) is 5.41 Å². The molecule has 0 saturated carbocycles. The number of hydrogen-bond donors (Lipinski definition) is 2. The predicted octanol–water partition coefficient (Wildman–Crippen LogP) is 9.36. The van der Waals surface area contributed by atoms with Crippen LogP contribution >= 0.6 is 0 Å². The van der Waals surface area contributed by atoms with Gasteiger partial charge in [-0.3, -0.25) is 19.2 Å². The number of esters is 1. The van der Waals surface area contributed by atoms with E-state index in [-0.39, 0.29) is 18.5 Å². The van der Waals surface area contributed by atoms with Crippen LogP contribution < -0.4 is 21.1 Å². The Kier molecular flexibility index (Phi) is 28.8. The first-order valence-corrected chi connectivity index (χ1v) is 24.3. The number of aliphatic hydroxyl groups excluding tert-OH is 1. The molecule has 2 rings (SSSR count). The molecule has 0 aliphatic carbocycles. The minimum absolute atomic E-state index is 0.130. The van der Waals surface area contributed by atoms with Crippen molar-refractivity contribution in [3.05, 3.63) is 20.4 Å². The number of amides is 1. The number of rotatable bonds is 38. The van der Waals surface area contributed by atoms with Crippen molar-refractivity contribution < 1.29 is 24.2 Å². The third-order valence-corrected chi connectivity index (χ3v) is 12.3. The minimum atomic E-state index is -0.842. The van der Waals surface area contributed by atoms with Gasteiger partial charge < -0.3 is 34.6 Å². The van der Waals surface area contributed by atoms with Crippen molar-refractivity contribution in [3.8, 4) is 0 Å². The van der Waals surface area contributed by atoms with Crippen LogP contribution in [0.25, 0.3) is 0 Å². The fraction of sp³-hybridized carbons (Fsp3) is 0.875. The van der Waals surface area contributed by atoms with Gasteiger partial charge in [0.1, 0.15) is 11.4 Å². The van der Waals surface area contributed by atoms with Crippen molar-refractivity contribution in [3.63, 3.8) is 0 Å². The molecular formula is C48H88N4O7. The van der Waals surface area contributed by atoms with Gasteiger partial charge in [-0.1, -0.05) is 136 Å². The van der Waals surface area contributed by atoms with Gasteiger partial charge in [0.05, 0.1) is 13.2 Å². The van der Waals surface area contributed by atoms with E-state index in [0.717, 1.165) is 70.9 Å². The minimum Gasteiger partial charge on any atom is -0.465 e. The number of anilines is 2. The molecule has 1 aromatic rings. The van der Waals surface area contributed by atoms with E-state index in [2.05, 4.69) is 31.0 Å². The van der Waals surface area contributed by atoms with Gasteiger partial charge >= 0.3 is 5.97 Å². The Morgan fingerprint density at radius 3 is 1.78 bits per heavy atom. The van der Waals surface area contributed by atoms with Crippen LogP contribution in [0.2, 0.25) is 0 Å². The zero-order valence-corrected chi connectivity index (χ0v) is 38.6. The number of nitrogens with zero attached hydrogens (tertiary/aromatic N) is 3. The average molecular weight is 833 g/mol. The number of unbranched alkanes of at least 4 members (excludes halogenated alkanes) is 18. The summed E-state index contributed by atoms with van der Waals surface area (Å²) in [6.45, 7) is 11.3. The van der Waals surface area contributed by atoms with Crippen molar-refractivity contribution in [2.45, 2.75) is 200 Å². The largest absolute Gasteiger partial charge is 0.465 e. The van der Waals surface area contributed by atoms with E-state index in [4.69, 9.17) is 9.47 Å². The molecule has 1 fully saturated rings. The number of carbonyl (C=O) groups is 2. The fourth-order valence-electron chi connectivity index (χ4n) is 8.25. The number of carbonyl (C=O) groups excluding carboxylic acids is 2. The Morgan fingerprint density at radius 1 is 0.678 bits per heavy atom. The number of likely N-dealkylation sites (tertiary alicyclic amines) is 1. The molecule has 2 N–H and O–H groups in total. The number of ether oxygens (including phenoxy) is 2. The highest BCUT2D eigenvalue weighted by Gasteiger charge is 2.38. The predicted molar refractivity (Wildman–Crippen MR) is 244 cm³/mol. The zero-order chi connectivity index (χ0) is 43.1. The molecule has 0 radical (unpaired) electrons. The summed E-state index contributed by atoms with van der Waals surface area (Å²) >= 11 is 0. The first kappa shape index (κ1) is 52.6. The summed E-state index contributed by atoms with van der Waals surface area (Å²) in [6, 6.07) is 0. The summed E-state index contributed by atoms with van der Waals surface area (Å²) in [5.74, 6) is -0.0349. The van der Waals surface area contributed by atoms with Gasteiger partial charge in [-0.25, -0.2) is 0 Å². The topological polar surface area (TPSA) is 129 Å². The Morgan fingerprint density at radius 2 is 1.20 bits per heavy atom. The van der Waals surface area contributed by atoms with Crippen LogP contribution in [0, 0.1) is 5.41 Å². The molecule has 1 atom stereocenters. The maximum Gasteiger partial charge on any atom is 0.305 e. The number of nitrogens with one attached hydrogen (secondary N) is 1. The van der Waals surface area contributed by atoms with Gasteiger partial charge in [0.15, 0.2) is 6.29 Å². The van der Waals surface area contributed by atoms with E-state index >= 15 is 0 Å². The van der Waals surface area contributed by atoms with Gasteiger partial charge in [0, 0.05) is 58.5 Å². The molecular weight excluding hydrogens is 745 g/mol. The first-order chi connectivity index (χ1) is 28.6. The van der Waals surface area contributed by atoms with E-state index in [1.54, 1.807) is 19.0 Å². The van der Waals surface area contributed by atoms with Gasteiger partial charge in [-0.2, -0.15) is 0 Å². The van der Waals surface area contributed by atoms with Gasteiger partial charge in [-0.05, 0) is 58.0 Å². The summed E-state index contributed by atoms with van der Waals surface area (Å²) in [5.41, 5.74) is -0.477. The number of aliphatic hydroxyl groups is 1. The molecule has 11 heteroatoms. The van der Waals surface area contributed by atoms with Gasteiger partial charge in [0.2, 0.25) is 5.91 Å². The second kappa shape index (κ2) is 32.2. The molecule has 1 saturated heterocycles. The van der Waals surface area contributed by atoms with E-state index < -0.39 is 22.6 Å². The number of hydrogen-bond acceptors (Lipinski definition) is 10. The highest BCUT2D eigenvalue weighted by Crippen LogP contribution is 2.34.